The summed E-state index contributed by atoms with van der Waals surface area (Å²) in [4.78, 5) is 24.9. The second kappa shape index (κ2) is 8.79. The van der Waals surface area contributed by atoms with E-state index in [9.17, 15) is 14.0 Å². The molecule has 0 aliphatic rings. The minimum Gasteiger partial charge on any atom is -0.449 e. The summed E-state index contributed by atoms with van der Waals surface area (Å²) in [7, 11) is 0. The van der Waals surface area contributed by atoms with E-state index < -0.39 is 18.0 Å². The van der Waals surface area contributed by atoms with Crippen LogP contribution in [0.5, 0.6) is 0 Å². The summed E-state index contributed by atoms with van der Waals surface area (Å²) in [6.07, 6.45) is -1.00. The summed E-state index contributed by atoms with van der Waals surface area (Å²) in [5.74, 6) is -0.881. The zero-order valence-electron chi connectivity index (χ0n) is 16.7. The van der Waals surface area contributed by atoms with E-state index >= 15 is 0 Å². The van der Waals surface area contributed by atoms with Crippen molar-refractivity contribution in [1.29, 1.82) is 0 Å². The monoisotopic (exact) mass is 418 g/mol. The van der Waals surface area contributed by atoms with Gasteiger partial charge in [0.2, 0.25) is 0 Å². The highest BCUT2D eigenvalue weighted by atomic mass is 19.1. The van der Waals surface area contributed by atoms with Gasteiger partial charge in [0.15, 0.2) is 11.9 Å². The fraction of sp³-hybridized carbons (Fsp3) is 0.125. The Balaban J connectivity index is 1.44. The number of halogens is 1. The van der Waals surface area contributed by atoms with E-state index in [1.54, 1.807) is 30.3 Å². The van der Waals surface area contributed by atoms with Crippen LogP contribution < -0.4 is 5.32 Å². The molecule has 4 aromatic rings. The van der Waals surface area contributed by atoms with E-state index in [1.807, 2.05) is 30.3 Å². The minimum atomic E-state index is -1.00. The maximum Gasteiger partial charge on any atom is 0.338 e. The summed E-state index contributed by atoms with van der Waals surface area (Å²) < 4.78 is 23.7. The number of ether oxygens (including phenoxy) is 1. The topological polar surface area (TPSA) is 81.4 Å². The number of hydrogen-bond donors (Lipinski definition) is 1. The van der Waals surface area contributed by atoms with Gasteiger partial charge in [-0.1, -0.05) is 47.6 Å². The maximum absolute atomic E-state index is 13.0. The average Bonchev–Trinajstić information content (AvgIpc) is 3.22. The van der Waals surface area contributed by atoms with Crippen LogP contribution >= 0.6 is 0 Å². The molecule has 0 saturated heterocycles. The van der Waals surface area contributed by atoms with Gasteiger partial charge in [0.25, 0.3) is 5.91 Å². The molecular weight excluding hydrogens is 399 g/mol. The number of amides is 1. The highest BCUT2D eigenvalue weighted by Crippen LogP contribution is 2.29. The van der Waals surface area contributed by atoms with Crippen molar-refractivity contribution in [2.75, 3.05) is 0 Å². The predicted octanol–water partition coefficient (Wildman–Crippen LogP) is 4.50. The van der Waals surface area contributed by atoms with Crippen LogP contribution in [0.25, 0.3) is 22.2 Å². The van der Waals surface area contributed by atoms with E-state index in [1.165, 1.54) is 19.1 Å². The molecule has 0 spiro atoms. The number of rotatable bonds is 6. The normalized spacial score (nSPS) is 11.8. The van der Waals surface area contributed by atoms with Crippen molar-refractivity contribution in [3.8, 4) is 11.3 Å². The lowest BCUT2D eigenvalue weighted by Gasteiger charge is -2.13. The van der Waals surface area contributed by atoms with Gasteiger partial charge in [0.1, 0.15) is 11.3 Å². The van der Waals surface area contributed by atoms with Crippen LogP contribution in [-0.2, 0) is 16.1 Å². The van der Waals surface area contributed by atoms with E-state index in [4.69, 9.17) is 9.26 Å². The van der Waals surface area contributed by atoms with Gasteiger partial charge in [-0.2, -0.15) is 0 Å². The molecule has 0 radical (unpaired) electrons. The lowest BCUT2D eigenvalue weighted by atomic mass is 10.1. The van der Waals surface area contributed by atoms with Crippen molar-refractivity contribution in [3.63, 3.8) is 0 Å². The average molecular weight is 418 g/mol. The smallest absolute Gasteiger partial charge is 0.338 e. The molecule has 0 saturated carbocycles. The van der Waals surface area contributed by atoms with E-state index in [2.05, 4.69) is 10.5 Å². The Morgan fingerprint density at radius 2 is 1.81 bits per heavy atom. The third-order valence-electron chi connectivity index (χ3n) is 4.78. The van der Waals surface area contributed by atoms with E-state index in [-0.39, 0.29) is 17.9 Å². The Labute approximate surface area is 177 Å². The number of aromatic nitrogens is 1. The lowest BCUT2D eigenvalue weighted by molar-refractivity contribution is -0.129. The first-order valence-electron chi connectivity index (χ1n) is 9.69. The van der Waals surface area contributed by atoms with Gasteiger partial charge in [-0.15, -0.1) is 0 Å². The van der Waals surface area contributed by atoms with Crippen molar-refractivity contribution in [3.05, 3.63) is 89.7 Å². The fourth-order valence-corrected chi connectivity index (χ4v) is 3.08. The maximum atomic E-state index is 13.0. The predicted molar refractivity (Wildman–Crippen MR) is 113 cm³/mol. The number of benzene rings is 3. The van der Waals surface area contributed by atoms with E-state index in [0.29, 0.717) is 16.7 Å². The summed E-state index contributed by atoms with van der Waals surface area (Å²) in [6.45, 7) is 1.69. The Morgan fingerprint density at radius 3 is 2.55 bits per heavy atom. The molecule has 4 rings (SSSR count). The zero-order valence-corrected chi connectivity index (χ0v) is 16.7. The van der Waals surface area contributed by atoms with Crippen LogP contribution in [0.4, 0.5) is 4.39 Å². The lowest BCUT2D eigenvalue weighted by Crippen LogP contribution is -2.35. The summed E-state index contributed by atoms with van der Waals surface area (Å²) in [5, 5.41) is 7.37. The minimum absolute atomic E-state index is 0.202. The number of nitrogens with one attached hydrogen (secondary N) is 1. The van der Waals surface area contributed by atoms with Gasteiger partial charge < -0.3 is 14.6 Å². The fourth-order valence-electron chi connectivity index (χ4n) is 3.08. The molecule has 31 heavy (non-hydrogen) atoms. The SMILES string of the molecule is CC(OC(=O)c1ccc2noc(-c3ccccc3)c2c1)C(=O)NCc1ccc(F)cc1. The highest BCUT2D eigenvalue weighted by molar-refractivity contribution is 5.99. The van der Waals surface area contributed by atoms with Gasteiger partial charge in [-0.3, -0.25) is 4.79 Å². The van der Waals surface area contributed by atoms with Gasteiger partial charge in [-0.05, 0) is 42.8 Å². The van der Waals surface area contributed by atoms with Crippen molar-refractivity contribution in [1.82, 2.24) is 10.5 Å². The van der Waals surface area contributed by atoms with E-state index in [0.717, 1.165) is 11.1 Å². The largest absolute Gasteiger partial charge is 0.449 e. The molecule has 1 atom stereocenters. The van der Waals surface area contributed by atoms with Crippen LogP contribution in [0.1, 0.15) is 22.8 Å². The first-order chi connectivity index (χ1) is 15.0. The number of nitrogens with zero attached hydrogens (tertiary/aromatic N) is 1. The number of carbonyl (C=O) groups is 2. The molecule has 156 valence electrons. The van der Waals surface area contributed by atoms with Crippen LogP contribution in [0, 0.1) is 5.82 Å². The first-order valence-corrected chi connectivity index (χ1v) is 9.69. The zero-order chi connectivity index (χ0) is 21.8. The van der Waals surface area contributed by atoms with Crippen LogP contribution in [0.3, 0.4) is 0 Å². The van der Waals surface area contributed by atoms with Crippen LogP contribution in [-0.4, -0.2) is 23.1 Å². The Bertz CT molecular complexity index is 1220. The third-order valence-corrected chi connectivity index (χ3v) is 4.78. The quantitative estimate of drug-likeness (QED) is 0.467. The Morgan fingerprint density at radius 1 is 1.06 bits per heavy atom. The second-order valence-corrected chi connectivity index (χ2v) is 7.00. The van der Waals surface area contributed by atoms with Crippen molar-refractivity contribution in [2.45, 2.75) is 19.6 Å². The first kappa shape index (κ1) is 20.3. The molecule has 1 N–H and O–H groups in total. The molecule has 0 fully saturated rings. The molecule has 0 aliphatic heterocycles. The molecule has 0 aliphatic carbocycles. The van der Waals surface area contributed by atoms with Gasteiger partial charge in [-0.25, -0.2) is 9.18 Å². The standard InChI is InChI=1S/C24H19FN2O4/c1-15(23(28)26-14-16-7-10-19(25)11-8-16)30-24(29)18-9-12-21-20(13-18)22(31-27-21)17-5-3-2-4-6-17/h2-13,15H,14H2,1H3,(H,26,28). The van der Waals surface area contributed by atoms with Gasteiger partial charge in [0.05, 0.1) is 10.9 Å². The second-order valence-electron chi connectivity index (χ2n) is 7.00. The van der Waals surface area contributed by atoms with Crippen LogP contribution in [0.2, 0.25) is 0 Å². The summed E-state index contributed by atoms with van der Waals surface area (Å²) >= 11 is 0. The number of esters is 1. The molecule has 1 heterocycles. The van der Waals surface area contributed by atoms with Crippen molar-refractivity contribution >= 4 is 22.8 Å². The Hall–Kier alpha value is -4.00. The summed E-state index contributed by atoms with van der Waals surface area (Å²) in [5.41, 5.74) is 2.47. The van der Waals surface area contributed by atoms with Crippen LogP contribution in [0.15, 0.2) is 77.3 Å². The molecule has 1 unspecified atom stereocenters. The Kier molecular flexibility index (Phi) is 5.75. The molecule has 7 heteroatoms. The van der Waals surface area contributed by atoms with Crippen molar-refractivity contribution in [2.24, 2.45) is 0 Å². The number of fused-ring (bicyclic) bond motifs is 1. The van der Waals surface area contributed by atoms with Gasteiger partial charge >= 0.3 is 5.97 Å². The molecule has 1 amide bonds. The highest BCUT2D eigenvalue weighted by Gasteiger charge is 2.20. The molecular formula is C24H19FN2O4. The molecule has 0 bridgehead atoms. The summed E-state index contributed by atoms with van der Waals surface area (Å²) in [6, 6.07) is 20.1. The number of hydrogen-bond acceptors (Lipinski definition) is 5. The molecule has 1 aromatic heterocycles. The molecule has 3 aromatic carbocycles. The molecule has 6 nitrogen and oxygen atoms in total. The van der Waals surface area contributed by atoms with Gasteiger partial charge in [0, 0.05) is 12.1 Å². The third kappa shape index (κ3) is 4.61. The number of carbonyl (C=O) groups excluding carboxylic acids is 2. The van der Waals surface area contributed by atoms with Crippen molar-refractivity contribution < 1.29 is 23.2 Å².